The topological polar surface area (TPSA) is 76.0 Å². The third kappa shape index (κ3) is 3.25. The van der Waals surface area contributed by atoms with Crippen molar-refractivity contribution in [3.63, 3.8) is 0 Å². The van der Waals surface area contributed by atoms with Crippen LogP contribution in [0.2, 0.25) is 0 Å². The molecule has 6 nitrogen and oxygen atoms in total. The van der Waals surface area contributed by atoms with Crippen molar-refractivity contribution in [1.29, 1.82) is 0 Å². The normalized spacial score (nSPS) is 11.6. The van der Waals surface area contributed by atoms with Crippen LogP contribution in [0.5, 0.6) is 0 Å². The molecule has 21 heavy (non-hydrogen) atoms. The summed E-state index contributed by atoms with van der Waals surface area (Å²) in [6, 6.07) is 6.75. The largest absolute Gasteiger partial charge is 0.381 e. The van der Waals surface area contributed by atoms with Gasteiger partial charge in [-0.05, 0) is 39.1 Å². The van der Waals surface area contributed by atoms with E-state index in [1.807, 2.05) is 31.6 Å². The molecule has 1 aromatic heterocycles. The molecule has 2 N–H and O–H groups in total. The van der Waals surface area contributed by atoms with Crippen molar-refractivity contribution in [3.8, 4) is 0 Å². The minimum Gasteiger partial charge on any atom is -0.381 e. The van der Waals surface area contributed by atoms with E-state index in [1.54, 1.807) is 18.2 Å². The van der Waals surface area contributed by atoms with E-state index in [4.69, 9.17) is 0 Å². The zero-order valence-electron chi connectivity index (χ0n) is 12.6. The Labute approximate surface area is 125 Å². The van der Waals surface area contributed by atoms with E-state index in [0.717, 1.165) is 22.6 Å². The Bertz CT molecular complexity index is 750. The fourth-order valence-electron chi connectivity index (χ4n) is 2.15. The minimum absolute atomic E-state index is 0.245. The number of aromatic nitrogens is 2. The Morgan fingerprint density at radius 3 is 2.57 bits per heavy atom. The number of aryl methyl sites for hydroxylation is 2. The molecule has 0 aliphatic rings. The molecule has 0 aliphatic heterocycles. The zero-order valence-corrected chi connectivity index (χ0v) is 13.5. The van der Waals surface area contributed by atoms with Gasteiger partial charge in [0.05, 0.1) is 10.6 Å². The monoisotopic (exact) mass is 308 g/mol. The lowest BCUT2D eigenvalue weighted by Crippen LogP contribution is -2.18. The molecule has 0 spiro atoms. The van der Waals surface area contributed by atoms with E-state index in [1.165, 1.54) is 7.05 Å². The molecule has 1 aromatic carbocycles. The van der Waals surface area contributed by atoms with Gasteiger partial charge in [-0.25, -0.2) is 13.1 Å². The number of rotatable bonds is 5. The summed E-state index contributed by atoms with van der Waals surface area (Å²) in [5.41, 5.74) is 3.95. The number of nitrogens with one attached hydrogen (secondary N) is 2. The molecule has 0 saturated heterocycles. The number of benzene rings is 1. The van der Waals surface area contributed by atoms with Crippen LogP contribution in [-0.4, -0.2) is 25.2 Å². The van der Waals surface area contributed by atoms with Gasteiger partial charge in [0.2, 0.25) is 10.0 Å². The molecule has 0 saturated carbocycles. The fraction of sp³-hybridized carbons (Fsp3) is 0.357. The van der Waals surface area contributed by atoms with Crippen molar-refractivity contribution >= 4 is 15.7 Å². The van der Waals surface area contributed by atoms with Gasteiger partial charge in [0.1, 0.15) is 0 Å². The van der Waals surface area contributed by atoms with Gasteiger partial charge in [-0.2, -0.15) is 5.10 Å². The summed E-state index contributed by atoms with van der Waals surface area (Å²) in [6.45, 7) is 4.58. The molecule has 0 radical (unpaired) electrons. The summed E-state index contributed by atoms with van der Waals surface area (Å²) in [4.78, 5) is 0.245. The van der Waals surface area contributed by atoms with Crippen molar-refractivity contribution in [1.82, 2.24) is 14.5 Å². The quantitative estimate of drug-likeness (QED) is 0.879. The van der Waals surface area contributed by atoms with E-state index in [2.05, 4.69) is 15.1 Å². The summed E-state index contributed by atoms with van der Waals surface area (Å²) in [5.74, 6) is 0. The molecule has 0 atom stereocenters. The molecule has 0 unspecified atom stereocenters. The molecular weight excluding hydrogens is 288 g/mol. The first-order valence-corrected chi connectivity index (χ1v) is 8.10. The fourth-order valence-corrected chi connectivity index (χ4v) is 2.93. The van der Waals surface area contributed by atoms with Gasteiger partial charge in [0.25, 0.3) is 0 Å². The van der Waals surface area contributed by atoms with Gasteiger partial charge >= 0.3 is 0 Å². The first kappa shape index (κ1) is 15.5. The van der Waals surface area contributed by atoms with Gasteiger partial charge in [-0.15, -0.1) is 0 Å². The van der Waals surface area contributed by atoms with Crippen molar-refractivity contribution in [2.24, 2.45) is 7.05 Å². The van der Waals surface area contributed by atoms with E-state index in [-0.39, 0.29) is 4.90 Å². The Hall–Kier alpha value is -1.86. The lowest BCUT2D eigenvalue weighted by molar-refractivity contribution is 0.588. The molecule has 0 bridgehead atoms. The van der Waals surface area contributed by atoms with Crippen molar-refractivity contribution in [2.75, 3.05) is 12.4 Å². The molecule has 2 rings (SSSR count). The maximum Gasteiger partial charge on any atom is 0.240 e. The molecule has 0 aliphatic carbocycles. The predicted molar refractivity (Wildman–Crippen MR) is 82.7 cm³/mol. The van der Waals surface area contributed by atoms with Crippen LogP contribution >= 0.6 is 0 Å². The van der Waals surface area contributed by atoms with Gasteiger partial charge < -0.3 is 5.32 Å². The number of nitrogens with zero attached hydrogens (tertiary/aromatic N) is 2. The Morgan fingerprint density at radius 2 is 2.00 bits per heavy atom. The van der Waals surface area contributed by atoms with Gasteiger partial charge in [0.15, 0.2) is 0 Å². The van der Waals surface area contributed by atoms with E-state index in [0.29, 0.717) is 6.54 Å². The third-order valence-electron chi connectivity index (χ3n) is 3.54. The molecule has 7 heteroatoms. The maximum absolute atomic E-state index is 11.8. The highest BCUT2D eigenvalue weighted by atomic mass is 32.2. The van der Waals surface area contributed by atoms with Crippen LogP contribution in [0.15, 0.2) is 29.2 Å². The number of hydrogen-bond acceptors (Lipinski definition) is 4. The van der Waals surface area contributed by atoms with Crippen LogP contribution in [0, 0.1) is 13.8 Å². The van der Waals surface area contributed by atoms with Crippen LogP contribution in [0.3, 0.4) is 0 Å². The zero-order chi connectivity index (χ0) is 15.6. The van der Waals surface area contributed by atoms with Gasteiger partial charge in [0, 0.05) is 30.5 Å². The molecule has 0 amide bonds. The summed E-state index contributed by atoms with van der Waals surface area (Å²) in [7, 11) is -0.113. The Kier molecular flexibility index (Phi) is 4.34. The second kappa shape index (κ2) is 5.87. The smallest absolute Gasteiger partial charge is 0.240 e. The molecule has 2 aromatic rings. The lowest BCUT2D eigenvalue weighted by atomic mass is 10.2. The van der Waals surface area contributed by atoms with E-state index in [9.17, 15) is 8.42 Å². The first-order chi connectivity index (χ1) is 9.85. The summed E-state index contributed by atoms with van der Waals surface area (Å²) < 4.78 is 27.7. The Balaban J connectivity index is 2.20. The number of sulfonamides is 1. The average molecular weight is 308 g/mol. The van der Waals surface area contributed by atoms with Crippen LogP contribution in [0.1, 0.15) is 17.0 Å². The van der Waals surface area contributed by atoms with Gasteiger partial charge in [-0.3, -0.25) is 4.68 Å². The standard InChI is InChI=1S/C14H20N4O2S/c1-10-14(11(2)18(4)17-10)9-16-12-6-5-7-13(8-12)21(19,20)15-3/h5-8,15-16H,9H2,1-4H3. The maximum atomic E-state index is 11.8. The molecule has 114 valence electrons. The molecular formula is C14H20N4O2S. The molecule has 0 fully saturated rings. The second-order valence-corrected chi connectivity index (χ2v) is 6.75. The first-order valence-electron chi connectivity index (χ1n) is 6.61. The Morgan fingerprint density at radius 1 is 1.29 bits per heavy atom. The highest BCUT2D eigenvalue weighted by Crippen LogP contribution is 2.18. The van der Waals surface area contributed by atoms with Crippen LogP contribution < -0.4 is 10.0 Å². The van der Waals surface area contributed by atoms with Crippen molar-refractivity contribution < 1.29 is 8.42 Å². The van der Waals surface area contributed by atoms with Crippen LogP contribution in [-0.2, 0) is 23.6 Å². The highest BCUT2D eigenvalue weighted by Gasteiger charge is 2.12. The van der Waals surface area contributed by atoms with Crippen LogP contribution in [0.4, 0.5) is 5.69 Å². The number of hydrogen-bond donors (Lipinski definition) is 2. The number of anilines is 1. The lowest BCUT2D eigenvalue weighted by Gasteiger charge is -2.09. The van der Waals surface area contributed by atoms with Gasteiger partial charge in [-0.1, -0.05) is 6.07 Å². The van der Waals surface area contributed by atoms with E-state index >= 15 is 0 Å². The molecule has 1 heterocycles. The second-order valence-electron chi connectivity index (χ2n) is 4.86. The van der Waals surface area contributed by atoms with Crippen molar-refractivity contribution in [3.05, 3.63) is 41.2 Å². The SMILES string of the molecule is CNS(=O)(=O)c1cccc(NCc2c(C)nn(C)c2C)c1. The van der Waals surface area contributed by atoms with Crippen molar-refractivity contribution in [2.45, 2.75) is 25.3 Å². The summed E-state index contributed by atoms with van der Waals surface area (Å²) in [6.07, 6.45) is 0. The van der Waals surface area contributed by atoms with E-state index < -0.39 is 10.0 Å². The average Bonchev–Trinajstić information content (AvgIpc) is 2.70. The summed E-state index contributed by atoms with van der Waals surface area (Å²) in [5, 5.41) is 7.61. The van der Waals surface area contributed by atoms with Crippen LogP contribution in [0.25, 0.3) is 0 Å². The minimum atomic E-state index is -3.42. The summed E-state index contributed by atoms with van der Waals surface area (Å²) >= 11 is 0. The predicted octanol–water partition coefficient (Wildman–Crippen LogP) is 1.56. The highest BCUT2D eigenvalue weighted by molar-refractivity contribution is 7.89. The third-order valence-corrected chi connectivity index (χ3v) is 4.95.